The average molecular weight is 341 g/mol. The molecule has 1 fully saturated rings. The summed E-state index contributed by atoms with van der Waals surface area (Å²) in [6.45, 7) is 3.03. The zero-order chi connectivity index (χ0) is 15.8. The second-order valence-electron chi connectivity index (χ2n) is 5.85. The Labute approximate surface area is 142 Å². The third-order valence-corrected chi connectivity index (χ3v) is 6.18. The number of thioether (sulfide) groups is 1. The molecule has 6 heteroatoms. The molecule has 1 aliphatic carbocycles. The first-order valence-electron chi connectivity index (χ1n) is 8.12. The fourth-order valence-electron chi connectivity index (χ4n) is 2.80. The molecule has 1 aromatic heterocycles. The highest BCUT2D eigenvalue weighted by Gasteiger charge is 2.24. The lowest BCUT2D eigenvalue weighted by molar-refractivity contribution is 0.608. The molecule has 2 unspecified atom stereocenters. The van der Waals surface area contributed by atoms with Crippen LogP contribution in [0.4, 0.5) is 0 Å². The van der Waals surface area contributed by atoms with Crippen LogP contribution in [0.1, 0.15) is 42.8 Å². The van der Waals surface area contributed by atoms with Crippen LogP contribution in [-0.2, 0) is 6.42 Å². The Morgan fingerprint density at radius 1 is 1.45 bits per heavy atom. The SMILES string of the molecule is CN=C(NCCCCc1nc(C)cs1)NC1CCC(SC)C1. The number of hydrogen-bond donors (Lipinski definition) is 2. The normalized spacial score (nSPS) is 22.0. The summed E-state index contributed by atoms with van der Waals surface area (Å²) in [6.07, 6.45) is 9.46. The molecule has 2 atom stereocenters. The van der Waals surface area contributed by atoms with Crippen molar-refractivity contribution >= 4 is 29.1 Å². The van der Waals surface area contributed by atoms with Crippen LogP contribution in [0.25, 0.3) is 0 Å². The topological polar surface area (TPSA) is 49.3 Å². The van der Waals surface area contributed by atoms with Gasteiger partial charge in [-0.05, 0) is 51.7 Å². The molecule has 0 aromatic carbocycles. The standard InChI is InChI=1S/C16H28N4S2/c1-12-11-22-15(19-12)6-4-5-9-18-16(17-2)20-13-7-8-14(10-13)21-3/h11,13-14H,4-10H2,1-3H3,(H2,17,18,20). The summed E-state index contributed by atoms with van der Waals surface area (Å²) >= 11 is 3.76. The Morgan fingerprint density at radius 3 is 2.95 bits per heavy atom. The minimum absolute atomic E-state index is 0.585. The second kappa shape index (κ2) is 9.40. The monoisotopic (exact) mass is 340 g/mol. The maximum absolute atomic E-state index is 4.50. The van der Waals surface area contributed by atoms with Gasteiger partial charge in [0.15, 0.2) is 5.96 Å². The number of nitrogens with one attached hydrogen (secondary N) is 2. The Morgan fingerprint density at radius 2 is 2.32 bits per heavy atom. The van der Waals surface area contributed by atoms with Gasteiger partial charge in [0.2, 0.25) is 0 Å². The third-order valence-electron chi connectivity index (χ3n) is 4.06. The molecule has 4 nitrogen and oxygen atoms in total. The number of unbranched alkanes of at least 4 members (excludes halogenated alkanes) is 1. The van der Waals surface area contributed by atoms with Gasteiger partial charge in [0.1, 0.15) is 0 Å². The van der Waals surface area contributed by atoms with Gasteiger partial charge in [-0.25, -0.2) is 4.98 Å². The van der Waals surface area contributed by atoms with E-state index in [1.54, 1.807) is 11.3 Å². The maximum Gasteiger partial charge on any atom is 0.191 e. The summed E-state index contributed by atoms with van der Waals surface area (Å²) in [5, 5.41) is 11.2. The van der Waals surface area contributed by atoms with Gasteiger partial charge in [0.05, 0.1) is 5.01 Å². The summed E-state index contributed by atoms with van der Waals surface area (Å²) in [5.74, 6) is 0.955. The summed E-state index contributed by atoms with van der Waals surface area (Å²) in [5.41, 5.74) is 1.14. The number of hydrogen-bond acceptors (Lipinski definition) is 4. The quantitative estimate of drug-likeness (QED) is 0.454. The van der Waals surface area contributed by atoms with Gasteiger partial charge in [-0.2, -0.15) is 11.8 Å². The van der Waals surface area contributed by atoms with E-state index in [9.17, 15) is 0 Å². The Kier molecular flexibility index (Phi) is 7.52. The summed E-state index contributed by atoms with van der Waals surface area (Å²) in [6, 6.07) is 0.585. The van der Waals surface area contributed by atoms with Crippen molar-refractivity contribution in [2.75, 3.05) is 19.8 Å². The molecular formula is C16H28N4S2. The molecule has 0 radical (unpaired) electrons. The number of nitrogens with zero attached hydrogens (tertiary/aromatic N) is 2. The van der Waals surface area contributed by atoms with Gasteiger partial charge in [0, 0.05) is 36.0 Å². The lowest BCUT2D eigenvalue weighted by atomic mass is 10.2. The van der Waals surface area contributed by atoms with Crippen molar-refractivity contribution in [3.63, 3.8) is 0 Å². The van der Waals surface area contributed by atoms with Crippen LogP contribution in [-0.4, -0.2) is 42.1 Å². The zero-order valence-electron chi connectivity index (χ0n) is 13.9. The number of aromatic nitrogens is 1. The molecule has 124 valence electrons. The van der Waals surface area contributed by atoms with Crippen molar-refractivity contribution in [2.24, 2.45) is 4.99 Å². The van der Waals surface area contributed by atoms with Crippen LogP contribution in [0, 0.1) is 6.92 Å². The number of guanidine groups is 1. The van der Waals surface area contributed by atoms with E-state index >= 15 is 0 Å². The molecule has 0 bridgehead atoms. The number of rotatable bonds is 7. The largest absolute Gasteiger partial charge is 0.356 e. The summed E-state index contributed by atoms with van der Waals surface area (Å²) in [4.78, 5) is 8.84. The second-order valence-corrected chi connectivity index (χ2v) is 7.93. The predicted molar refractivity (Wildman–Crippen MR) is 99.2 cm³/mol. The van der Waals surface area contributed by atoms with Crippen LogP contribution in [0.3, 0.4) is 0 Å². The van der Waals surface area contributed by atoms with Crippen molar-refractivity contribution in [1.29, 1.82) is 0 Å². The van der Waals surface area contributed by atoms with E-state index in [4.69, 9.17) is 0 Å². The van der Waals surface area contributed by atoms with E-state index in [0.29, 0.717) is 6.04 Å². The smallest absolute Gasteiger partial charge is 0.191 e. The number of aliphatic imine (C=N–C) groups is 1. The van der Waals surface area contributed by atoms with Gasteiger partial charge in [0.25, 0.3) is 0 Å². The van der Waals surface area contributed by atoms with Gasteiger partial charge >= 0.3 is 0 Å². The lowest BCUT2D eigenvalue weighted by Gasteiger charge is -2.17. The van der Waals surface area contributed by atoms with Crippen molar-refractivity contribution in [3.05, 3.63) is 16.1 Å². The van der Waals surface area contributed by atoms with E-state index in [1.807, 2.05) is 18.8 Å². The van der Waals surface area contributed by atoms with Crippen molar-refractivity contribution in [1.82, 2.24) is 15.6 Å². The van der Waals surface area contributed by atoms with Crippen molar-refractivity contribution < 1.29 is 0 Å². The highest BCUT2D eigenvalue weighted by molar-refractivity contribution is 7.99. The first-order valence-corrected chi connectivity index (χ1v) is 10.3. The van der Waals surface area contributed by atoms with Crippen LogP contribution in [0.5, 0.6) is 0 Å². The minimum atomic E-state index is 0.585. The van der Waals surface area contributed by atoms with Crippen LogP contribution in [0.15, 0.2) is 10.4 Å². The minimum Gasteiger partial charge on any atom is -0.356 e. The lowest BCUT2D eigenvalue weighted by Crippen LogP contribution is -2.42. The fraction of sp³-hybridized carbons (Fsp3) is 0.750. The first kappa shape index (κ1) is 17.6. The molecule has 1 saturated carbocycles. The highest BCUT2D eigenvalue weighted by Crippen LogP contribution is 2.27. The van der Waals surface area contributed by atoms with E-state index in [1.165, 1.54) is 30.7 Å². The number of aryl methyl sites for hydroxylation is 2. The Balaban J connectivity index is 1.58. The van der Waals surface area contributed by atoms with E-state index in [-0.39, 0.29) is 0 Å². The number of thiazole rings is 1. The zero-order valence-corrected chi connectivity index (χ0v) is 15.5. The molecule has 22 heavy (non-hydrogen) atoms. The van der Waals surface area contributed by atoms with Gasteiger partial charge in [-0.1, -0.05) is 0 Å². The molecule has 1 aromatic rings. The van der Waals surface area contributed by atoms with Gasteiger partial charge in [-0.3, -0.25) is 4.99 Å². The third kappa shape index (κ3) is 5.80. The summed E-state index contributed by atoms with van der Waals surface area (Å²) < 4.78 is 0. The predicted octanol–water partition coefficient (Wildman–Crippen LogP) is 3.22. The van der Waals surface area contributed by atoms with Crippen molar-refractivity contribution in [3.8, 4) is 0 Å². The van der Waals surface area contributed by atoms with Crippen molar-refractivity contribution in [2.45, 2.75) is 56.7 Å². The molecule has 0 amide bonds. The molecule has 0 saturated heterocycles. The van der Waals surface area contributed by atoms with Crippen LogP contribution in [0.2, 0.25) is 0 Å². The first-order chi connectivity index (χ1) is 10.7. The fourth-order valence-corrected chi connectivity index (χ4v) is 4.41. The molecule has 2 N–H and O–H groups in total. The van der Waals surface area contributed by atoms with E-state index in [2.05, 4.69) is 39.2 Å². The molecule has 2 rings (SSSR count). The van der Waals surface area contributed by atoms with E-state index < -0.39 is 0 Å². The van der Waals surface area contributed by atoms with Gasteiger partial charge < -0.3 is 10.6 Å². The molecule has 1 heterocycles. The van der Waals surface area contributed by atoms with Gasteiger partial charge in [-0.15, -0.1) is 11.3 Å². The average Bonchev–Trinajstić information content (AvgIpc) is 3.14. The molecule has 1 aliphatic rings. The molecular weight excluding hydrogens is 312 g/mol. The van der Waals surface area contributed by atoms with Crippen LogP contribution < -0.4 is 10.6 Å². The van der Waals surface area contributed by atoms with Crippen LogP contribution >= 0.6 is 23.1 Å². The molecule has 0 spiro atoms. The highest BCUT2D eigenvalue weighted by atomic mass is 32.2. The summed E-state index contributed by atoms with van der Waals surface area (Å²) in [7, 11) is 1.86. The van der Waals surface area contributed by atoms with E-state index in [0.717, 1.165) is 36.3 Å². The Hall–Kier alpha value is -0.750. The Bertz CT molecular complexity index is 472. The maximum atomic E-state index is 4.50. The molecule has 0 aliphatic heterocycles.